The van der Waals surface area contributed by atoms with Crippen LogP contribution in [0.4, 0.5) is 0 Å². The minimum absolute atomic E-state index is 0.318. The molecule has 2 N–H and O–H groups in total. The van der Waals surface area contributed by atoms with Gasteiger partial charge in [-0.3, -0.25) is 0 Å². The average molecular weight is 192 g/mol. The SMILES string of the molecule is CCCCO.CCCOCC(C)O. The van der Waals surface area contributed by atoms with Gasteiger partial charge in [-0.2, -0.15) is 0 Å². The Bertz CT molecular complexity index is 72.6. The van der Waals surface area contributed by atoms with Crippen LogP contribution in [0.2, 0.25) is 0 Å². The van der Waals surface area contributed by atoms with E-state index in [1.165, 1.54) is 0 Å². The van der Waals surface area contributed by atoms with Crippen molar-refractivity contribution < 1.29 is 14.9 Å². The first kappa shape index (κ1) is 15.4. The van der Waals surface area contributed by atoms with Crippen molar-refractivity contribution in [1.29, 1.82) is 0 Å². The maximum atomic E-state index is 8.65. The summed E-state index contributed by atoms with van der Waals surface area (Å²) < 4.78 is 4.99. The van der Waals surface area contributed by atoms with Crippen molar-refractivity contribution in [2.45, 2.75) is 46.1 Å². The second kappa shape index (κ2) is 14.4. The zero-order chi connectivity index (χ0) is 10.5. The first-order valence-electron chi connectivity index (χ1n) is 5.05. The van der Waals surface area contributed by atoms with Gasteiger partial charge in [0, 0.05) is 13.2 Å². The maximum Gasteiger partial charge on any atom is 0.0745 e. The van der Waals surface area contributed by atoms with Crippen LogP contribution < -0.4 is 0 Å². The number of aliphatic hydroxyl groups excluding tert-OH is 2. The van der Waals surface area contributed by atoms with Crippen LogP contribution in [-0.2, 0) is 4.74 Å². The third kappa shape index (κ3) is 24.5. The molecule has 0 heterocycles. The standard InChI is InChI=1S/C6H14O2.C4H10O/c1-3-4-8-5-6(2)7;1-2-3-4-5/h6-7H,3-5H2,1-2H3;5H,2-4H2,1H3. The third-order valence-corrected chi connectivity index (χ3v) is 1.22. The highest BCUT2D eigenvalue weighted by Gasteiger charge is 1.91. The molecule has 0 bridgehead atoms. The zero-order valence-electron chi connectivity index (χ0n) is 9.12. The van der Waals surface area contributed by atoms with E-state index in [2.05, 4.69) is 6.92 Å². The van der Waals surface area contributed by atoms with Gasteiger partial charge >= 0.3 is 0 Å². The molecule has 0 aliphatic rings. The minimum Gasteiger partial charge on any atom is -0.396 e. The van der Waals surface area contributed by atoms with Crippen molar-refractivity contribution in [3.8, 4) is 0 Å². The first-order chi connectivity index (χ1) is 6.18. The molecule has 0 radical (unpaired) electrons. The van der Waals surface area contributed by atoms with Gasteiger partial charge in [-0.05, 0) is 19.8 Å². The number of hydrogen-bond donors (Lipinski definition) is 2. The predicted octanol–water partition coefficient (Wildman–Crippen LogP) is 1.57. The molecule has 0 aromatic rings. The fourth-order valence-corrected chi connectivity index (χ4v) is 0.556. The van der Waals surface area contributed by atoms with Gasteiger partial charge in [0.2, 0.25) is 0 Å². The lowest BCUT2D eigenvalue weighted by Gasteiger charge is -2.02. The van der Waals surface area contributed by atoms with Crippen molar-refractivity contribution in [1.82, 2.24) is 0 Å². The predicted molar refractivity (Wildman–Crippen MR) is 54.8 cm³/mol. The highest BCUT2D eigenvalue weighted by atomic mass is 16.5. The lowest BCUT2D eigenvalue weighted by atomic mass is 10.4. The molecule has 3 heteroatoms. The number of aliphatic hydroxyl groups is 2. The molecule has 0 saturated heterocycles. The van der Waals surface area contributed by atoms with E-state index in [0.29, 0.717) is 13.2 Å². The summed E-state index contributed by atoms with van der Waals surface area (Å²) in [4.78, 5) is 0. The van der Waals surface area contributed by atoms with Gasteiger partial charge in [-0.25, -0.2) is 0 Å². The summed E-state index contributed by atoms with van der Waals surface area (Å²) in [6, 6.07) is 0. The Balaban J connectivity index is 0. The second-order valence-electron chi connectivity index (χ2n) is 3.00. The molecule has 0 aliphatic carbocycles. The van der Waals surface area contributed by atoms with Gasteiger partial charge in [0.25, 0.3) is 0 Å². The molecular formula is C10H24O3. The summed E-state index contributed by atoms with van der Waals surface area (Å²) in [6.07, 6.45) is 2.74. The van der Waals surface area contributed by atoms with Gasteiger partial charge in [0.05, 0.1) is 12.7 Å². The molecule has 3 nitrogen and oxygen atoms in total. The molecule has 1 unspecified atom stereocenters. The van der Waals surface area contributed by atoms with Crippen LogP contribution in [-0.4, -0.2) is 36.1 Å². The van der Waals surface area contributed by atoms with Crippen molar-refractivity contribution in [2.24, 2.45) is 0 Å². The van der Waals surface area contributed by atoms with Crippen LogP contribution in [0.25, 0.3) is 0 Å². The quantitative estimate of drug-likeness (QED) is 0.628. The number of hydrogen-bond acceptors (Lipinski definition) is 3. The smallest absolute Gasteiger partial charge is 0.0745 e. The Kier molecular flexibility index (Phi) is 17.0. The molecule has 0 aromatic carbocycles. The van der Waals surface area contributed by atoms with E-state index in [0.717, 1.165) is 25.9 Å². The Labute approximate surface area is 81.7 Å². The van der Waals surface area contributed by atoms with E-state index in [1.54, 1.807) is 6.92 Å². The molecule has 0 fully saturated rings. The summed E-state index contributed by atoms with van der Waals surface area (Å²) in [5, 5.41) is 16.7. The van der Waals surface area contributed by atoms with Crippen molar-refractivity contribution >= 4 is 0 Å². The number of rotatable bonds is 6. The molecular weight excluding hydrogens is 168 g/mol. The topological polar surface area (TPSA) is 49.7 Å². The Morgan fingerprint density at radius 1 is 1.23 bits per heavy atom. The summed E-state index contributed by atoms with van der Waals surface area (Å²) in [6.45, 7) is 7.38. The third-order valence-electron chi connectivity index (χ3n) is 1.22. The average Bonchev–Trinajstić information content (AvgIpc) is 2.07. The van der Waals surface area contributed by atoms with Gasteiger partial charge in [-0.15, -0.1) is 0 Å². The highest BCUT2D eigenvalue weighted by Crippen LogP contribution is 1.83. The molecule has 82 valence electrons. The Morgan fingerprint density at radius 2 is 1.85 bits per heavy atom. The van der Waals surface area contributed by atoms with Gasteiger partial charge in [-0.1, -0.05) is 20.3 Å². The lowest BCUT2D eigenvalue weighted by Crippen LogP contribution is -2.10. The zero-order valence-corrected chi connectivity index (χ0v) is 9.12. The van der Waals surface area contributed by atoms with E-state index < -0.39 is 0 Å². The summed E-state index contributed by atoms with van der Waals surface area (Å²) >= 11 is 0. The molecule has 0 amide bonds. The Hall–Kier alpha value is -0.120. The van der Waals surface area contributed by atoms with E-state index in [9.17, 15) is 0 Å². The van der Waals surface area contributed by atoms with Crippen LogP contribution in [0.15, 0.2) is 0 Å². The normalized spacial score (nSPS) is 11.8. The fourth-order valence-electron chi connectivity index (χ4n) is 0.556. The summed E-state index contributed by atoms with van der Waals surface area (Å²) in [5.41, 5.74) is 0. The molecule has 0 saturated carbocycles. The lowest BCUT2D eigenvalue weighted by molar-refractivity contribution is 0.0466. The number of unbranched alkanes of at least 4 members (excludes halogenated alkanes) is 1. The van der Waals surface area contributed by atoms with Crippen LogP contribution >= 0.6 is 0 Å². The maximum absolute atomic E-state index is 8.65. The van der Waals surface area contributed by atoms with E-state index in [1.807, 2.05) is 6.92 Å². The molecule has 0 spiro atoms. The molecule has 13 heavy (non-hydrogen) atoms. The summed E-state index contributed by atoms with van der Waals surface area (Å²) in [5.74, 6) is 0. The van der Waals surface area contributed by atoms with Gasteiger partial charge in [0.15, 0.2) is 0 Å². The molecule has 0 rings (SSSR count). The second-order valence-corrected chi connectivity index (χ2v) is 3.00. The Morgan fingerprint density at radius 3 is 2.08 bits per heavy atom. The van der Waals surface area contributed by atoms with Gasteiger partial charge in [0.1, 0.15) is 0 Å². The van der Waals surface area contributed by atoms with E-state index >= 15 is 0 Å². The molecule has 0 aromatic heterocycles. The monoisotopic (exact) mass is 192 g/mol. The molecule has 0 aliphatic heterocycles. The first-order valence-corrected chi connectivity index (χ1v) is 5.05. The van der Waals surface area contributed by atoms with Crippen molar-refractivity contribution in [2.75, 3.05) is 19.8 Å². The minimum atomic E-state index is -0.318. The fraction of sp³-hybridized carbons (Fsp3) is 1.00. The van der Waals surface area contributed by atoms with Crippen LogP contribution in [0, 0.1) is 0 Å². The largest absolute Gasteiger partial charge is 0.396 e. The van der Waals surface area contributed by atoms with Crippen molar-refractivity contribution in [3.05, 3.63) is 0 Å². The van der Waals surface area contributed by atoms with Crippen LogP contribution in [0.3, 0.4) is 0 Å². The van der Waals surface area contributed by atoms with Crippen LogP contribution in [0.5, 0.6) is 0 Å². The number of ether oxygens (including phenoxy) is 1. The van der Waals surface area contributed by atoms with Crippen LogP contribution in [0.1, 0.15) is 40.0 Å². The van der Waals surface area contributed by atoms with E-state index in [-0.39, 0.29) is 6.10 Å². The highest BCUT2D eigenvalue weighted by molar-refractivity contribution is 4.39. The molecule has 1 atom stereocenters. The van der Waals surface area contributed by atoms with Crippen molar-refractivity contribution in [3.63, 3.8) is 0 Å². The summed E-state index contributed by atoms with van der Waals surface area (Å²) in [7, 11) is 0. The van der Waals surface area contributed by atoms with E-state index in [4.69, 9.17) is 14.9 Å². The van der Waals surface area contributed by atoms with Gasteiger partial charge < -0.3 is 14.9 Å².